The highest BCUT2D eigenvalue weighted by Crippen LogP contribution is 2.27. The summed E-state index contributed by atoms with van der Waals surface area (Å²) in [6, 6.07) is 9.87. The second kappa shape index (κ2) is 5.66. The van der Waals surface area contributed by atoms with Gasteiger partial charge in [-0.2, -0.15) is 5.26 Å². The Morgan fingerprint density at radius 2 is 2.21 bits per heavy atom. The lowest BCUT2D eigenvalue weighted by Crippen LogP contribution is -1.93. The van der Waals surface area contributed by atoms with Crippen molar-refractivity contribution < 1.29 is 4.39 Å². The van der Waals surface area contributed by atoms with E-state index in [0.29, 0.717) is 5.75 Å². The number of alkyl halides is 1. The van der Waals surface area contributed by atoms with Crippen molar-refractivity contribution in [2.24, 2.45) is 0 Å². The van der Waals surface area contributed by atoms with E-state index in [4.69, 9.17) is 5.26 Å². The molecule has 0 aliphatic rings. The Balaban J connectivity index is 2.86. The number of nitrogens with zero attached hydrogens (tertiary/aromatic N) is 1. The predicted molar refractivity (Wildman–Crippen MR) is 57.2 cm³/mol. The maximum absolute atomic E-state index is 12.0. The maximum atomic E-state index is 12.0. The molecule has 0 N–H and O–H groups in total. The molecular weight excluding hydrogens is 197 g/mol. The lowest BCUT2D eigenvalue weighted by atomic mass is 10.0. The van der Waals surface area contributed by atoms with E-state index in [1.807, 2.05) is 31.2 Å². The summed E-state index contributed by atoms with van der Waals surface area (Å²) >= 11 is 1.46. The number of hydrogen-bond acceptors (Lipinski definition) is 2. The van der Waals surface area contributed by atoms with Crippen LogP contribution in [0.25, 0.3) is 0 Å². The number of hydrogen-bond donors (Lipinski definition) is 0. The zero-order valence-electron chi connectivity index (χ0n) is 8.03. The monoisotopic (exact) mass is 209 g/mol. The lowest BCUT2D eigenvalue weighted by Gasteiger charge is -2.09. The van der Waals surface area contributed by atoms with Crippen molar-refractivity contribution in [3.63, 3.8) is 0 Å². The maximum Gasteiger partial charge on any atom is 0.0988 e. The van der Waals surface area contributed by atoms with Crippen LogP contribution in [0.4, 0.5) is 4.39 Å². The van der Waals surface area contributed by atoms with Crippen LogP contribution in [0, 0.1) is 11.3 Å². The Hall–Kier alpha value is -1.01. The summed E-state index contributed by atoms with van der Waals surface area (Å²) < 4.78 is 12.0. The van der Waals surface area contributed by atoms with E-state index < -0.39 is 0 Å². The fourth-order valence-electron chi connectivity index (χ4n) is 1.19. The van der Waals surface area contributed by atoms with Gasteiger partial charge >= 0.3 is 0 Å². The molecule has 0 radical (unpaired) electrons. The summed E-state index contributed by atoms with van der Waals surface area (Å²) in [5.74, 6) is 0.327. The van der Waals surface area contributed by atoms with E-state index in [1.54, 1.807) is 0 Å². The Labute approximate surface area is 87.9 Å². The molecule has 0 fully saturated rings. The van der Waals surface area contributed by atoms with E-state index in [-0.39, 0.29) is 12.6 Å². The van der Waals surface area contributed by atoms with Crippen LogP contribution in [-0.4, -0.2) is 12.4 Å². The van der Waals surface area contributed by atoms with Crippen LogP contribution in [0.1, 0.15) is 18.4 Å². The fraction of sp³-hybridized carbons (Fsp3) is 0.364. The minimum absolute atomic E-state index is 0.127. The third-order valence-corrected chi connectivity index (χ3v) is 2.96. The lowest BCUT2D eigenvalue weighted by molar-refractivity contribution is 0.533. The zero-order valence-corrected chi connectivity index (χ0v) is 8.85. The molecule has 14 heavy (non-hydrogen) atoms. The first-order valence-corrected chi connectivity index (χ1v) is 5.45. The van der Waals surface area contributed by atoms with Crippen LogP contribution in [0.5, 0.6) is 0 Å². The highest BCUT2D eigenvalue weighted by Gasteiger charge is 2.08. The normalized spacial score (nSPS) is 12.1. The van der Waals surface area contributed by atoms with Crippen molar-refractivity contribution in [1.29, 1.82) is 5.26 Å². The van der Waals surface area contributed by atoms with Gasteiger partial charge < -0.3 is 0 Å². The van der Waals surface area contributed by atoms with Crippen LogP contribution < -0.4 is 0 Å². The molecular formula is C11H12FNS. The van der Waals surface area contributed by atoms with Gasteiger partial charge in [0.1, 0.15) is 0 Å². The standard InChI is InChI=1S/C11H12FNS/c1-9(8-13)10-4-2-3-5-11(10)14-7-6-12/h2-5,9H,6-7H2,1H3. The van der Waals surface area contributed by atoms with Crippen LogP contribution >= 0.6 is 11.8 Å². The molecule has 0 amide bonds. The van der Waals surface area contributed by atoms with E-state index in [2.05, 4.69) is 6.07 Å². The largest absolute Gasteiger partial charge is 0.250 e. The van der Waals surface area contributed by atoms with E-state index in [0.717, 1.165) is 10.5 Å². The zero-order chi connectivity index (χ0) is 10.4. The van der Waals surface area contributed by atoms with Gasteiger partial charge in [-0.25, -0.2) is 0 Å². The molecule has 0 saturated carbocycles. The average Bonchev–Trinajstić information content (AvgIpc) is 2.25. The van der Waals surface area contributed by atoms with Crippen molar-refractivity contribution in [3.05, 3.63) is 29.8 Å². The van der Waals surface area contributed by atoms with Gasteiger partial charge in [0.2, 0.25) is 0 Å². The van der Waals surface area contributed by atoms with Crippen LogP contribution in [0.2, 0.25) is 0 Å². The molecule has 0 aromatic heterocycles. The fourth-order valence-corrected chi connectivity index (χ4v) is 2.07. The predicted octanol–water partition coefficient (Wildman–Crippen LogP) is 3.38. The van der Waals surface area contributed by atoms with Gasteiger partial charge in [0.25, 0.3) is 0 Å². The third kappa shape index (κ3) is 2.74. The van der Waals surface area contributed by atoms with Crippen molar-refractivity contribution in [1.82, 2.24) is 0 Å². The first-order valence-electron chi connectivity index (χ1n) is 4.47. The first-order chi connectivity index (χ1) is 6.79. The van der Waals surface area contributed by atoms with E-state index in [1.165, 1.54) is 11.8 Å². The smallest absolute Gasteiger partial charge is 0.0988 e. The molecule has 0 heterocycles. The van der Waals surface area contributed by atoms with Gasteiger partial charge in [0.15, 0.2) is 0 Å². The topological polar surface area (TPSA) is 23.8 Å². The molecule has 3 heteroatoms. The summed E-state index contributed by atoms with van der Waals surface area (Å²) in [6.07, 6.45) is 0. The van der Waals surface area contributed by atoms with Crippen LogP contribution in [0.3, 0.4) is 0 Å². The number of thioether (sulfide) groups is 1. The van der Waals surface area contributed by atoms with Crippen molar-refractivity contribution in [2.45, 2.75) is 17.7 Å². The van der Waals surface area contributed by atoms with Crippen LogP contribution in [-0.2, 0) is 0 Å². The molecule has 0 aliphatic heterocycles. The molecule has 1 aromatic carbocycles. The minimum atomic E-state index is -0.333. The van der Waals surface area contributed by atoms with Crippen LogP contribution in [0.15, 0.2) is 29.2 Å². The van der Waals surface area contributed by atoms with Crippen molar-refractivity contribution in [3.8, 4) is 6.07 Å². The Kier molecular flexibility index (Phi) is 4.48. The van der Waals surface area contributed by atoms with Gasteiger partial charge in [-0.1, -0.05) is 18.2 Å². The minimum Gasteiger partial charge on any atom is -0.250 e. The van der Waals surface area contributed by atoms with Gasteiger partial charge in [-0.3, -0.25) is 4.39 Å². The summed E-state index contributed by atoms with van der Waals surface area (Å²) in [5, 5.41) is 8.80. The number of nitriles is 1. The highest BCUT2D eigenvalue weighted by molar-refractivity contribution is 7.99. The highest BCUT2D eigenvalue weighted by atomic mass is 32.2. The third-order valence-electron chi connectivity index (χ3n) is 1.91. The molecule has 1 unspecified atom stereocenters. The quantitative estimate of drug-likeness (QED) is 0.710. The second-order valence-electron chi connectivity index (χ2n) is 2.93. The van der Waals surface area contributed by atoms with Gasteiger partial charge in [0, 0.05) is 10.6 Å². The molecule has 0 bridgehead atoms. The molecule has 0 aliphatic carbocycles. The number of benzene rings is 1. The Morgan fingerprint density at radius 1 is 1.50 bits per heavy atom. The van der Waals surface area contributed by atoms with E-state index in [9.17, 15) is 4.39 Å². The summed E-state index contributed by atoms with van der Waals surface area (Å²) in [4.78, 5) is 1.01. The molecule has 0 saturated heterocycles. The first kappa shape index (κ1) is 11.1. The summed E-state index contributed by atoms with van der Waals surface area (Å²) in [7, 11) is 0. The Morgan fingerprint density at radius 3 is 2.86 bits per heavy atom. The Bertz CT molecular complexity index is 332. The van der Waals surface area contributed by atoms with Crippen molar-refractivity contribution >= 4 is 11.8 Å². The van der Waals surface area contributed by atoms with Gasteiger partial charge in [-0.15, -0.1) is 11.8 Å². The summed E-state index contributed by atoms with van der Waals surface area (Å²) in [6.45, 7) is 1.52. The van der Waals surface area contributed by atoms with E-state index >= 15 is 0 Å². The summed E-state index contributed by atoms with van der Waals surface area (Å²) in [5.41, 5.74) is 0.994. The molecule has 1 aromatic rings. The second-order valence-corrected chi connectivity index (χ2v) is 4.06. The SMILES string of the molecule is CC(C#N)c1ccccc1SCCF. The molecule has 1 atom stereocenters. The molecule has 1 rings (SSSR count). The van der Waals surface area contributed by atoms with Crippen molar-refractivity contribution in [2.75, 3.05) is 12.4 Å². The van der Waals surface area contributed by atoms with Gasteiger partial charge in [0.05, 0.1) is 18.7 Å². The number of halogens is 1. The molecule has 74 valence electrons. The molecule has 1 nitrogen and oxygen atoms in total. The van der Waals surface area contributed by atoms with Gasteiger partial charge in [-0.05, 0) is 18.6 Å². The number of rotatable bonds is 4. The molecule has 0 spiro atoms. The average molecular weight is 209 g/mol.